The number of rotatable bonds is 6. The van der Waals surface area contributed by atoms with Gasteiger partial charge >= 0.3 is 0 Å². The molecule has 1 aromatic rings. The Morgan fingerprint density at radius 2 is 1.92 bits per heavy atom. The molecule has 1 saturated heterocycles. The van der Waals surface area contributed by atoms with Crippen LogP contribution in [0.2, 0.25) is 5.02 Å². The van der Waals surface area contributed by atoms with E-state index in [0.29, 0.717) is 30.5 Å². The molecule has 0 bridgehead atoms. The Morgan fingerprint density at radius 3 is 2.54 bits per heavy atom. The van der Waals surface area contributed by atoms with E-state index in [1.807, 2.05) is 18.2 Å². The molecule has 7 heteroatoms. The van der Waals surface area contributed by atoms with Crippen molar-refractivity contribution < 1.29 is 14.3 Å². The van der Waals surface area contributed by atoms with Crippen LogP contribution in [0.5, 0.6) is 5.75 Å². The first-order valence-electron chi connectivity index (χ1n) is 8.13. The SMILES string of the molecule is CC(=O)NC(C)C(=O)N1CCN(CCOc2ccccc2Cl)CC1. The summed E-state index contributed by atoms with van der Waals surface area (Å²) in [6.45, 7) is 7.39. The van der Waals surface area contributed by atoms with E-state index in [2.05, 4.69) is 10.2 Å². The molecule has 1 heterocycles. The van der Waals surface area contributed by atoms with Crippen LogP contribution in [0.1, 0.15) is 13.8 Å². The number of hydrogen-bond acceptors (Lipinski definition) is 4. The van der Waals surface area contributed by atoms with Crippen LogP contribution < -0.4 is 10.1 Å². The fraction of sp³-hybridized carbons (Fsp3) is 0.529. The summed E-state index contributed by atoms with van der Waals surface area (Å²) in [6, 6.07) is 6.94. The van der Waals surface area contributed by atoms with Crippen molar-refractivity contribution in [3.63, 3.8) is 0 Å². The van der Waals surface area contributed by atoms with Crippen LogP contribution in [0.4, 0.5) is 0 Å². The average Bonchev–Trinajstić information content (AvgIpc) is 2.56. The number of amides is 2. The number of carbonyl (C=O) groups excluding carboxylic acids is 2. The van der Waals surface area contributed by atoms with Gasteiger partial charge in [0.15, 0.2) is 0 Å². The first kappa shape index (κ1) is 18.5. The lowest BCUT2D eigenvalue weighted by molar-refractivity contribution is -0.137. The van der Waals surface area contributed by atoms with E-state index >= 15 is 0 Å². The second-order valence-electron chi connectivity index (χ2n) is 5.87. The van der Waals surface area contributed by atoms with Crippen LogP contribution in [0.25, 0.3) is 0 Å². The van der Waals surface area contributed by atoms with Gasteiger partial charge in [0, 0.05) is 39.6 Å². The Kier molecular flexibility index (Phi) is 6.87. The molecule has 1 unspecified atom stereocenters. The maximum Gasteiger partial charge on any atom is 0.244 e. The Hall–Kier alpha value is -1.79. The van der Waals surface area contributed by atoms with Crippen LogP contribution in [-0.2, 0) is 9.59 Å². The van der Waals surface area contributed by atoms with Crippen molar-refractivity contribution in [3.8, 4) is 5.75 Å². The minimum absolute atomic E-state index is 0.0304. The highest BCUT2D eigenvalue weighted by molar-refractivity contribution is 6.32. The molecule has 1 fully saturated rings. The number of nitrogens with one attached hydrogen (secondary N) is 1. The topological polar surface area (TPSA) is 61.9 Å². The maximum atomic E-state index is 12.2. The normalized spacial score (nSPS) is 16.5. The molecule has 0 spiro atoms. The van der Waals surface area contributed by atoms with Crippen molar-refractivity contribution >= 4 is 23.4 Å². The summed E-state index contributed by atoms with van der Waals surface area (Å²) in [7, 11) is 0. The first-order valence-corrected chi connectivity index (χ1v) is 8.50. The molecular formula is C17H24ClN3O3. The lowest BCUT2D eigenvalue weighted by Gasteiger charge is -2.35. The maximum absolute atomic E-state index is 12.2. The van der Waals surface area contributed by atoms with Crippen LogP contribution in [0.15, 0.2) is 24.3 Å². The van der Waals surface area contributed by atoms with Crippen molar-refractivity contribution in [2.75, 3.05) is 39.3 Å². The van der Waals surface area contributed by atoms with Gasteiger partial charge in [-0.05, 0) is 19.1 Å². The molecule has 24 heavy (non-hydrogen) atoms. The standard InChI is InChI=1S/C17H24ClN3O3/c1-13(19-14(2)22)17(23)21-9-7-20(8-10-21)11-12-24-16-6-4-3-5-15(16)18/h3-6,13H,7-12H2,1-2H3,(H,19,22). The number of ether oxygens (including phenoxy) is 1. The predicted octanol–water partition coefficient (Wildman–Crippen LogP) is 1.39. The molecule has 1 aromatic carbocycles. The quantitative estimate of drug-likeness (QED) is 0.839. The fourth-order valence-corrected chi connectivity index (χ4v) is 2.87. The van der Waals surface area contributed by atoms with Crippen LogP contribution in [-0.4, -0.2) is 67.0 Å². The molecule has 1 aliphatic heterocycles. The summed E-state index contributed by atoms with van der Waals surface area (Å²) in [5.41, 5.74) is 0. The van der Waals surface area contributed by atoms with Gasteiger partial charge in [0.2, 0.25) is 11.8 Å². The highest BCUT2D eigenvalue weighted by Crippen LogP contribution is 2.22. The summed E-state index contributed by atoms with van der Waals surface area (Å²) >= 11 is 6.05. The van der Waals surface area contributed by atoms with Gasteiger partial charge in [-0.3, -0.25) is 14.5 Å². The number of benzene rings is 1. The molecule has 2 rings (SSSR count). The zero-order valence-electron chi connectivity index (χ0n) is 14.1. The van der Waals surface area contributed by atoms with Gasteiger partial charge < -0.3 is 15.0 Å². The average molecular weight is 354 g/mol. The Morgan fingerprint density at radius 1 is 1.25 bits per heavy atom. The lowest BCUT2D eigenvalue weighted by Crippen LogP contribution is -2.54. The Bertz CT molecular complexity index is 574. The van der Waals surface area contributed by atoms with Gasteiger partial charge in [0.05, 0.1) is 5.02 Å². The van der Waals surface area contributed by atoms with Gasteiger partial charge in [0.25, 0.3) is 0 Å². The van der Waals surface area contributed by atoms with E-state index in [4.69, 9.17) is 16.3 Å². The molecule has 0 aromatic heterocycles. The van der Waals surface area contributed by atoms with Crippen LogP contribution in [0.3, 0.4) is 0 Å². The number of halogens is 1. The van der Waals surface area contributed by atoms with Crippen molar-refractivity contribution in [1.29, 1.82) is 0 Å². The van der Waals surface area contributed by atoms with E-state index < -0.39 is 6.04 Å². The second-order valence-corrected chi connectivity index (χ2v) is 6.28. The summed E-state index contributed by atoms with van der Waals surface area (Å²) < 4.78 is 5.69. The van der Waals surface area contributed by atoms with Crippen LogP contribution in [0, 0.1) is 0 Å². The molecule has 1 aliphatic rings. The fourth-order valence-electron chi connectivity index (χ4n) is 2.68. The summed E-state index contributed by atoms with van der Waals surface area (Å²) in [5, 5.41) is 3.24. The zero-order chi connectivity index (χ0) is 17.5. The molecule has 2 amide bonds. The summed E-state index contributed by atoms with van der Waals surface area (Å²) in [5.74, 6) is 0.473. The van der Waals surface area contributed by atoms with E-state index in [9.17, 15) is 9.59 Å². The minimum atomic E-state index is -0.474. The minimum Gasteiger partial charge on any atom is -0.491 e. The van der Waals surface area contributed by atoms with Crippen molar-refractivity contribution in [1.82, 2.24) is 15.1 Å². The van der Waals surface area contributed by atoms with Gasteiger partial charge in [-0.1, -0.05) is 23.7 Å². The predicted molar refractivity (Wildman–Crippen MR) is 93.2 cm³/mol. The van der Waals surface area contributed by atoms with Crippen molar-refractivity contribution in [2.45, 2.75) is 19.9 Å². The van der Waals surface area contributed by atoms with Gasteiger partial charge in [-0.15, -0.1) is 0 Å². The zero-order valence-corrected chi connectivity index (χ0v) is 14.9. The van der Waals surface area contributed by atoms with E-state index in [1.165, 1.54) is 6.92 Å². The monoisotopic (exact) mass is 353 g/mol. The summed E-state index contributed by atoms with van der Waals surface area (Å²) in [4.78, 5) is 27.3. The first-order chi connectivity index (χ1) is 11.5. The third-order valence-corrected chi connectivity index (χ3v) is 4.29. The van der Waals surface area contributed by atoms with Gasteiger partial charge in [-0.2, -0.15) is 0 Å². The smallest absolute Gasteiger partial charge is 0.244 e. The summed E-state index contributed by atoms with van der Waals surface area (Å²) in [6.07, 6.45) is 0. The third-order valence-electron chi connectivity index (χ3n) is 3.98. The second kappa shape index (κ2) is 8.89. The lowest BCUT2D eigenvalue weighted by atomic mass is 10.2. The Balaban J connectivity index is 1.70. The highest BCUT2D eigenvalue weighted by atomic mass is 35.5. The van der Waals surface area contributed by atoms with Crippen molar-refractivity contribution in [2.24, 2.45) is 0 Å². The van der Waals surface area contributed by atoms with E-state index in [1.54, 1.807) is 17.9 Å². The molecule has 6 nitrogen and oxygen atoms in total. The van der Waals surface area contributed by atoms with Crippen molar-refractivity contribution in [3.05, 3.63) is 29.3 Å². The van der Waals surface area contributed by atoms with Crippen LogP contribution >= 0.6 is 11.6 Å². The molecule has 0 aliphatic carbocycles. The Labute approximate surface area is 147 Å². The number of carbonyl (C=O) groups is 2. The molecule has 1 N–H and O–H groups in total. The third kappa shape index (κ3) is 5.39. The molecule has 0 radical (unpaired) electrons. The van der Waals surface area contributed by atoms with Gasteiger partial charge in [0.1, 0.15) is 18.4 Å². The largest absolute Gasteiger partial charge is 0.491 e. The number of piperazine rings is 1. The number of hydrogen-bond donors (Lipinski definition) is 1. The molecule has 0 saturated carbocycles. The molecule has 132 valence electrons. The number of para-hydroxylation sites is 1. The van der Waals surface area contributed by atoms with E-state index in [-0.39, 0.29) is 11.8 Å². The highest BCUT2D eigenvalue weighted by Gasteiger charge is 2.25. The molecule has 1 atom stereocenters. The number of nitrogens with zero attached hydrogens (tertiary/aromatic N) is 2. The molecular weight excluding hydrogens is 330 g/mol. The van der Waals surface area contributed by atoms with E-state index in [0.717, 1.165) is 19.6 Å². The van der Waals surface area contributed by atoms with Gasteiger partial charge in [-0.25, -0.2) is 0 Å².